The Balaban J connectivity index is 2.01. The fourth-order valence-electron chi connectivity index (χ4n) is 2.77. The average molecular weight is 307 g/mol. The maximum absolute atomic E-state index is 12.2. The third-order valence-corrected chi connectivity index (χ3v) is 4.06. The quantitative estimate of drug-likeness (QED) is 0.611. The lowest BCUT2D eigenvalue weighted by Crippen LogP contribution is -2.47. The van der Waals surface area contributed by atoms with E-state index < -0.39 is 4.92 Å². The summed E-state index contributed by atoms with van der Waals surface area (Å²) in [6, 6.07) is 5.76. The third kappa shape index (κ3) is 4.02. The first kappa shape index (κ1) is 16.4. The van der Waals surface area contributed by atoms with Crippen molar-refractivity contribution in [2.24, 2.45) is 5.41 Å². The van der Waals surface area contributed by atoms with Gasteiger partial charge in [0.2, 0.25) is 0 Å². The number of rotatable bonds is 6. The predicted molar refractivity (Wildman–Crippen MR) is 81.8 cm³/mol. The molecule has 1 fully saturated rings. The minimum absolute atomic E-state index is 0.0730. The van der Waals surface area contributed by atoms with Gasteiger partial charge in [-0.2, -0.15) is 0 Å². The van der Waals surface area contributed by atoms with Gasteiger partial charge in [-0.15, -0.1) is 0 Å². The van der Waals surface area contributed by atoms with E-state index in [9.17, 15) is 14.9 Å². The van der Waals surface area contributed by atoms with E-state index in [-0.39, 0.29) is 17.0 Å². The molecule has 0 saturated carbocycles. The summed E-state index contributed by atoms with van der Waals surface area (Å²) >= 11 is 0. The highest BCUT2D eigenvalue weighted by atomic mass is 16.6. The Kier molecular flexibility index (Phi) is 5.46. The van der Waals surface area contributed by atoms with Gasteiger partial charge < -0.3 is 15.4 Å². The van der Waals surface area contributed by atoms with Crippen molar-refractivity contribution in [3.8, 4) is 0 Å². The maximum Gasteiger partial charge on any atom is 0.270 e. The van der Waals surface area contributed by atoms with Crippen LogP contribution in [0.25, 0.3) is 0 Å². The molecule has 0 aliphatic carbocycles. The molecular weight excluding hydrogens is 286 g/mol. The minimum atomic E-state index is -0.504. The summed E-state index contributed by atoms with van der Waals surface area (Å²) in [5.74, 6) is -0.294. The SMILES string of the molecule is COCC1(CNC(=O)c2cccc([N+](=O)[O-])c2)CCNCC1. The van der Waals surface area contributed by atoms with Crippen LogP contribution < -0.4 is 10.6 Å². The summed E-state index contributed by atoms with van der Waals surface area (Å²) in [5, 5.41) is 17.0. The number of benzene rings is 1. The van der Waals surface area contributed by atoms with E-state index in [1.165, 1.54) is 18.2 Å². The highest BCUT2D eigenvalue weighted by molar-refractivity contribution is 5.94. The number of methoxy groups -OCH3 is 1. The van der Waals surface area contributed by atoms with Crippen LogP contribution in [-0.4, -0.2) is 44.2 Å². The molecule has 1 aromatic rings. The van der Waals surface area contributed by atoms with E-state index in [4.69, 9.17) is 4.74 Å². The summed E-state index contributed by atoms with van der Waals surface area (Å²) in [4.78, 5) is 22.5. The molecule has 0 radical (unpaired) electrons. The van der Waals surface area contributed by atoms with Gasteiger partial charge in [0.1, 0.15) is 0 Å². The van der Waals surface area contributed by atoms with Gasteiger partial charge in [0, 0.05) is 36.8 Å². The van der Waals surface area contributed by atoms with Crippen molar-refractivity contribution >= 4 is 11.6 Å². The molecule has 0 spiro atoms. The van der Waals surface area contributed by atoms with Crippen molar-refractivity contribution in [3.63, 3.8) is 0 Å². The molecule has 1 aliphatic heterocycles. The number of non-ortho nitro benzene ring substituents is 1. The molecule has 1 amide bonds. The molecule has 7 nitrogen and oxygen atoms in total. The molecule has 0 bridgehead atoms. The number of carbonyl (C=O) groups excluding carboxylic acids is 1. The maximum atomic E-state index is 12.2. The Morgan fingerprint density at radius 2 is 2.18 bits per heavy atom. The molecule has 22 heavy (non-hydrogen) atoms. The normalized spacial score (nSPS) is 17.0. The van der Waals surface area contributed by atoms with E-state index >= 15 is 0 Å². The van der Waals surface area contributed by atoms with Gasteiger partial charge in [-0.25, -0.2) is 0 Å². The minimum Gasteiger partial charge on any atom is -0.384 e. The number of nitro groups is 1. The van der Waals surface area contributed by atoms with E-state index in [1.807, 2.05) is 0 Å². The van der Waals surface area contributed by atoms with Crippen molar-refractivity contribution < 1.29 is 14.5 Å². The second kappa shape index (κ2) is 7.33. The summed E-state index contributed by atoms with van der Waals surface area (Å²) in [6.07, 6.45) is 1.85. The zero-order valence-corrected chi connectivity index (χ0v) is 12.6. The molecule has 1 saturated heterocycles. The van der Waals surface area contributed by atoms with Crippen molar-refractivity contribution in [2.75, 3.05) is 33.4 Å². The van der Waals surface area contributed by atoms with Crippen LogP contribution in [0.2, 0.25) is 0 Å². The number of nitrogens with one attached hydrogen (secondary N) is 2. The van der Waals surface area contributed by atoms with Gasteiger partial charge in [0.25, 0.3) is 11.6 Å². The van der Waals surface area contributed by atoms with Gasteiger partial charge >= 0.3 is 0 Å². The van der Waals surface area contributed by atoms with E-state index in [0.29, 0.717) is 18.7 Å². The van der Waals surface area contributed by atoms with Crippen LogP contribution in [0.15, 0.2) is 24.3 Å². The monoisotopic (exact) mass is 307 g/mol. The first-order valence-corrected chi connectivity index (χ1v) is 7.29. The van der Waals surface area contributed by atoms with Crippen molar-refractivity contribution in [1.29, 1.82) is 0 Å². The van der Waals surface area contributed by atoms with Gasteiger partial charge in [-0.3, -0.25) is 14.9 Å². The smallest absolute Gasteiger partial charge is 0.270 e. The number of ether oxygens (including phenoxy) is 1. The van der Waals surface area contributed by atoms with Gasteiger partial charge in [0.05, 0.1) is 11.5 Å². The van der Waals surface area contributed by atoms with Crippen LogP contribution in [0.1, 0.15) is 23.2 Å². The number of hydrogen-bond acceptors (Lipinski definition) is 5. The molecule has 0 unspecified atom stereocenters. The standard InChI is InChI=1S/C15H21N3O4/c1-22-11-15(5-7-16-8-6-15)10-17-14(19)12-3-2-4-13(9-12)18(20)21/h2-4,9,16H,5-8,10-11H2,1H3,(H,17,19). The summed E-state index contributed by atoms with van der Waals surface area (Å²) in [7, 11) is 1.66. The molecule has 7 heteroatoms. The highest BCUT2D eigenvalue weighted by Gasteiger charge is 2.32. The Hall–Kier alpha value is -1.99. The van der Waals surface area contributed by atoms with Gasteiger partial charge in [-0.05, 0) is 32.0 Å². The second-order valence-electron chi connectivity index (χ2n) is 5.67. The fraction of sp³-hybridized carbons (Fsp3) is 0.533. The van der Waals surface area contributed by atoms with E-state index in [1.54, 1.807) is 13.2 Å². The Morgan fingerprint density at radius 3 is 2.82 bits per heavy atom. The number of carbonyl (C=O) groups is 1. The fourth-order valence-corrected chi connectivity index (χ4v) is 2.77. The average Bonchev–Trinajstić information content (AvgIpc) is 2.54. The Morgan fingerprint density at radius 1 is 1.45 bits per heavy atom. The van der Waals surface area contributed by atoms with Crippen LogP contribution in [0.5, 0.6) is 0 Å². The largest absolute Gasteiger partial charge is 0.384 e. The second-order valence-corrected chi connectivity index (χ2v) is 5.67. The lowest BCUT2D eigenvalue weighted by Gasteiger charge is -2.37. The van der Waals surface area contributed by atoms with Crippen LogP contribution >= 0.6 is 0 Å². The number of nitro benzene ring substituents is 1. The van der Waals surface area contributed by atoms with E-state index in [2.05, 4.69) is 10.6 Å². The third-order valence-electron chi connectivity index (χ3n) is 4.06. The van der Waals surface area contributed by atoms with Crippen LogP contribution in [0, 0.1) is 15.5 Å². The van der Waals surface area contributed by atoms with Crippen molar-refractivity contribution in [1.82, 2.24) is 10.6 Å². The zero-order chi connectivity index (χ0) is 16.0. The van der Waals surface area contributed by atoms with Gasteiger partial charge in [0.15, 0.2) is 0 Å². The first-order chi connectivity index (χ1) is 10.6. The number of amides is 1. The topological polar surface area (TPSA) is 93.5 Å². The molecule has 1 aromatic carbocycles. The first-order valence-electron chi connectivity index (χ1n) is 7.29. The number of hydrogen-bond donors (Lipinski definition) is 2. The zero-order valence-electron chi connectivity index (χ0n) is 12.6. The Labute approximate surface area is 129 Å². The summed E-state index contributed by atoms with van der Waals surface area (Å²) in [6.45, 7) is 2.89. The number of nitrogens with zero attached hydrogens (tertiary/aromatic N) is 1. The summed E-state index contributed by atoms with van der Waals surface area (Å²) < 4.78 is 5.30. The van der Waals surface area contributed by atoms with Crippen LogP contribution in [0.4, 0.5) is 5.69 Å². The molecule has 1 heterocycles. The van der Waals surface area contributed by atoms with Crippen molar-refractivity contribution in [2.45, 2.75) is 12.8 Å². The van der Waals surface area contributed by atoms with E-state index in [0.717, 1.165) is 25.9 Å². The highest BCUT2D eigenvalue weighted by Crippen LogP contribution is 2.28. The molecule has 0 atom stereocenters. The lowest BCUT2D eigenvalue weighted by molar-refractivity contribution is -0.384. The predicted octanol–water partition coefficient (Wildman–Crippen LogP) is 1.34. The lowest BCUT2D eigenvalue weighted by atomic mass is 9.79. The van der Waals surface area contributed by atoms with Crippen molar-refractivity contribution in [3.05, 3.63) is 39.9 Å². The molecule has 0 aromatic heterocycles. The molecule has 2 N–H and O–H groups in total. The molecular formula is C15H21N3O4. The molecule has 120 valence electrons. The summed E-state index contributed by atoms with van der Waals surface area (Å²) in [5.41, 5.74) is 0.146. The molecule has 1 aliphatic rings. The molecule has 2 rings (SSSR count). The van der Waals surface area contributed by atoms with Crippen LogP contribution in [0.3, 0.4) is 0 Å². The van der Waals surface area contributed by atoms with Gasteiger partial charge in [-0.1, -0.05) is 6.07 Å². The van der Waals surface area contributed by atoms with Crippen LogP contribution in [-0.2, 0) is 4.74 Å². The Bertz CT molecular complexity index is 536. The number of piperidine rings is 1.